The monoisotopic (exact) mass is 140 g/mol. The van der Waals surface area contributed by atoms with Crippen molar-refractivity contribution in [2.75, 3.05) is 7.11 Å². The number of hydrogen-bond acceptors (Lipinski definition) is 4. The minimum absolute atomic E-state index is 0.0127. The molecule has 0 amide bonds. The summed E-state index contributed by atoms with van der Waals surface area (Å²) in [4.78, 5) is 14.0. The Bertz CT molecular complexity index is 280. The summed E-state index contributed by atoms with van der Waals surface area (Å²) in [5, 5.41) is 3.66. The van der Waals surface area contributed by atoms with Crippen molar-refractivity contribution < 1.29 is 4.74 Å². The van der Waals surface area contributed by atoms with Crippen LogP contribution in [0.5, 0.6) is 5.88 Å². The number of rotatable bonds is 1. The highest BCUT2D eigenvalue weighted by Crippen LogP contribution is 1.88. The molecule has 5 heteroatoms. The van der Waals surface area contributed by atoms with Crippen molar-refractivity contribution in [2.24, 2.45) is 7.05 Å². The Morgan fingerprint density at radius 2 is 2.40 bits per heavy atom. The average molecular weight is 140 g/mol. The number of nitrogens with zero attached hydrogens (tertiary/aromatic N) is 3. The predicted octanol–water partition coefficient (Wildman–Crippen LogP) is -1.02. The zero-order chi connectivity index (χ0) is 7.56. The maximum absolute atomic E-state index is 10.7. The molecule has 0 bridgehead atoms. The molecule has 0 saturated carbocycles. The zero-order valence-electron chi connectivity index (χ0n) is 5.66. The van der Waals surface area contributed by atoms with E-state index in [4.69, 9.17) is 0 Å². The lowest BCUT2D eigenvalue weighted by atomic mass is 10.8. The van der Waals surface area contributed by atoms with Crippen molar-refractivity contribution >= 4 is 0 Å². The molecular weight excluding hydrogens is 134 g/mol. The molecule has 0 saturated heterocycles. The molecule has 0 N–H and O–H groups in total. The highest BCUT2D eigenvalue weighted by Gasteiger charge is 1.99. The number of aromatic nitrogens is 3. The molecule has 0 aliphatic rings. The Labute approximate surface area is 57.3 Å². The average Bonchev–Trinajstić information content (AvgIpc) is 1.94. The van der Waals surface area contributed by atoms with Crippen molar-refractivity contribution in [3.05, 3.63) is 16.7 Å². The van der Waals surface area contributed by atoms with Gasteiger partial charge in [0.25, 0.3) is 5.88 Å². The minimum atomic E-state index is -0.499. The second kappa shape index (κ2) is 2.47. The van der Waals surface area contributed by atoms with Crippen LogP contribution in [0.25, 0.3) is 0 Å². The molecule has 0 aromatic carbocycles. The van der Waals surface area contributed by atoms with E-state index in [1.165, 1.54) is 11.8 Å². The Balaban J connectivity index is 3.22. The second-order valence-electron chi connectivity index (χ2n) is 1.65. The quantitative estimate of drug-likeness (QED) is 0.501. The molecule has 1 aromatic rings. The number of methoxy groups -OCH3 is 1. The molecule has 0 fully saturated rings. The standard InChI is InChI=1S/C5H6N3O2/c1-8-3-6-4(9)5(7-8)10-2/h1-2H3. The van der Waals surface area contributed by atoms with Gasteiger partial charge in [-0.05, 0) is 0 Å². The van der Waals surface area contributed by atoms with E-state index in [0.717, 1.165) is 0 Å². The first-order valence-electron chi connectivity index (χ1n) is 2.61. The molecule has 0 unspecified atom stereocenters. The van der Waals surface area contributed by atoms with Gasteiger partial charge in [0.15, 0.2) is 6.33 Å². The molecule has 5 nitrogen and oxygen atoms in total. The Hall–Kier alpha value is -1.39. The van der Waals surface area contributed by atoms with Crippen LogP contribution in [0.3, 0.4) is 0 Å². The highest BCUT2D eigenvalue weighted by atomic mass is 16.5. The fourth-order valence-electron chi connectivity index (χ4n) is 0.495. The summed E-state index contributed by atoms with van der Waals surface area (Å²) in [6.07, 6.45) is 2.34. The van der Waals surface area contributed by atoms with Crippen LogP contribution < -0.4 is 10.3 Å². The van der Waals surface area contributed by atoms with E-state index in [1.807, 2.05) is 0 Å². The van der Waals surface area contributed by atoms with Gasteiger partial charge in [-0.2, -0.15) is 4.98 Å². The second-order valence-corrected chi connectivity index (χ2v) is 1.65. The van der Waals surface area contributed by atoms with Gasteiger partial charge in [-0.15, -0.1) is 5.10 Å². The van der Waals surface area contributed by atoms with E-state index in [1.54, 1.807) is 7.05 Å². The molecule has 53 valence electrons. The third-order valence-electron chi connectivity index (χ3n) is 0.913. The van der Waals surface area contributed by atoms with Crippen LogP contribution in [-0.2, 0) is 7.05 Å². The summed E-state index contributed by atoms with van der Waals surface area (Å²) in [6, 6.07) is 0. The third-order valence-corrected chi connectivity index (χ3v) is 0.913. The lowest BCUT2D eigenvalue weighted by molar-refractivity contribution is 0.373. The van der Waals surface area contributed by atoms with Crippen LogP contribution in [0.1, 0.15) is 0 Å². The van der Waals surface area contributed by atoms with Gasteiger partial charge in [-0.25, -0.2) is 4.68 Å². The van der Waals surface area contributed by atoms with E-state index < -0.39 is 5.56 Å². The molecule has 1 rings (SSSR count). The van der Waals surface area contributed by atoms with Crippen LogP contribution in [0.2, 0.25) is 0 Å². The van der Waals surface area contributed by atoms with Crippen LogP contribution in [-0.4, -0.2) is 21.9 Å². The first-order chi connectivity index (χ1) is 4.74. The summed E-state index contributed by atoms with van der Waals surface area (Å²) in [6.45, 7) is 0. The normalized spacial score (nSPS) is 9.40. The minimum Gasteiger partial charge on any atom is -0.476 e. The maximum Gasteiger partial charge on any atom is 0.336 e. The molecule has 0 spiro atoms. The van der Waals surface area contributed by atoms with Crippen LogP contribution in [0, 0.1) is 6.33 Å². The Morgan fingerprint density at radius 1 is 1.70 bits per heavy atom. The number of hydrogen-bond donors (Lipinski definition) is 0. The van der Waals surface area contributed by atoms with Crippen molar-refractivity contribution in [1.29, 1.82) is 0 Å². The molecule has 10 heavy (non-hydrogen) atoms. The Kier molecular flexibility index (Phi) is 1.66. The van der Waals surface area contributed by atoms with Crippen molar-refractivity contribution in [3.8, 4) is 5.88 Å². The van der Waals surface area contributed by atoms with Crippen molar-refractivity contribution in [2.45, 2.75) is 0 Å². The van der Waals surface area contributed by atoms with E-state index in [0.29, 0.717) is 0 Å². The van der Waals surface area contributed by atoms with Gasteiger partial charge in [-0.3, -0.25) is 4.79 Å². The van der Waals surface area contributed by atoms with E-state index in [-0.39, 0.29) is 5.88 Å². The highest BCUT2D eigenvalue weighted by molar-refractivity contribution is 4.98. The van der Waals surface area contributed by atoms with E-state index in [2.05, 4.69) is 21.1 Å². The molecule has 0 aliphatic carbocycles. The van der Waals surface area contributed by atoms with Gasteiger partial charge in [-0.1, -0.05) is 0 Å². The van der Waals surface area contributed by atoms with Crippen LogP contribution >= 0.6 is 0 Å². The van der Waals surface area contributed by atoms with Gasteiger partial charge >= 0.3 is 5.56 Å². The summed E-state index contributed by atoms with van der Waals surface area (Å²) < 4.78 is 5.88. The largest absolute Gasteiger partial charge is 0.476 e. The summed E-state index contributed by atoms with van der Waals surface area (Å²) >= 11 is 0. The first kappa shape index (κ1) is 6.73. The van der Waals surface area contributed by atoms with E-state index in [9.17, 15) is 4.79 Å². The van der Waals surface area contributed by atoms with Gasteiger partial charge in [0.1, 0.15) is 0 Å². The number of ether oxygens (including phenoxy) is 1. The summed E-state index contributed by atoms with van der Waals surface area (Å²) in [7, 11) is 2.97. The molecule has 1 heterocycles. The summed E-state index contributed by atoms with van der Waals surface area (Å²) in [5.41, 5.74) is -0.499. The first-order valence-corrected chi connectivity index (χ1v) is 2.61. The number of aryl methyl sites for hydroxylation is 1. The topological polar surface area (TPSA) is 57.0 Å². The molecular formula is C5H6N3O2. The predicted molar refractivity (Wildman–Crippen MR) is 32.7 cm³/mol. The van der Waals surface area contributed by atoms with Gasteiger partial charge < -0.3 is 4.74 Å². The zero-order valence-corrected chi connectivity index (χ0v) is 5.66. The van der Waals surface area contributed by atoms with Crippen LogP contribution in [0.4, 0.5) is 0 Å². The lowest BCUT2D eigenvalue weighted by Gasteiger charge is -1.96. The van der Waals surface area contributed by atoms with Crippen molar-refractivity contribution in [3.63, 3.8) is 0 Å². The molecule has 0 atom stereocenters. The van der Waals surface area contributed by atoms with Gasteiger partial charge in [0.2, 0.25) is 0 Å². The fraction of sp³-hybridized carbons (Fsp3) is 0.400. The van der Waals surface area contributed by atoms with Gasteiger partial charge in [0.05, 0.1) is 7.11 Å². The van der Waals surface area contributed by atoms with Crippen molar-refractivity contribution in [1.82, 2.24) is 14.8 Å². The lowest BCUT2D eigenvalue weighted by Crippen LogP contribution is -2.15. The summed E-state index contributed by atoms with van der Waals surface area (Å²) in [5.74, 6) is -0.0127. The molecule has 1 radical (unpaired) electrons. The SMILES string of the molecule is COc1nn(C)[c]nc1=O. The fourth-order valence-corrected chi connectivity index (χ4v) is 0.495. The molecule has 0 aliphatic heterocycles. The smallest absolute Gasteiger partial charge is 0.336 e. The molecule has 1 aromatic heterocycles. The van der Waals surface area contributed by atoms with Gasteiger partial charge in [0, 0.05) is 7.05 Å². The van der Waals surface area contributed by atoms with Crippen LogP contribution in [0.15, 0.2) is 4.79 Å². The Morgan fingerprint density at radius 3 is 2.90 bits per heavy atom. The third kappa shape index (κ3) is 1.12. The van der Waals surface area contributed by atoms with E-state index >= 15 is 0 Å². The maximum atomic E-state index is 10.7.